The zero-order chi connectivity index (χ0) is 19.1. The van der Waals surface area contributed by atoms with E-state index < -0.39 is 0 Å². The molecular formula is C26H22N2. The van der Waals surface area contributed by atoms with Gasteiger partial charge in [0.2, 0.25) is 0 Å². The van der Waals surface area contributed by atoms with E-state index in [1.807, 2.05) is 0 Å². The molecule has 0 fully saturated rings. The molecule has 0 aliphatic rings. The van der Waals surface area contributed by atoms with E-state index in [2.05, 4.69) is 115 Å². The van der Waals surface area contributed by atoms with Crippen molar-refractivity contribution in [3.05, 3.63) is 102 Å². The molecule has 1 N–H and O–H groups in total. The molecule has 0 amide bonds. The highest BCUT2D eigenvalue weighted by Crippen LogP contribution is 2.37. The SMILES string of the molecule is Cc1ccc(Nc2cccc3c4ccccc4n(-c4ccccc4)c23)c(C)c1. The van der Waals surface area contributed by atoms with E-state index in [1.54, 1.807) is 0 Å². The number of nitrogens with one attached hydrogen (secondary N) is 1. The fourth-order valence-electron chi connectivity index (χ4n) is 4.06. The minimum Gasteiger partial charge on any atom is -0.354 e. The van der Waals surface area contributed by atoms with Crippen LogP contribution >= 0.6 is 0 Å². The van der Waals surface area contributed by atoms with E-state index in [1.165, 1.54) is 38.6 Å². The Kier molecular flexibility index (Phi) is 3.91. The third-order valence-corrected chi connectivity index (χ3v) is 5.36. The lowest BCUT2D eigenvalue weighted by atomic mass is 10.1. The normalized spacial score (nSPS) is 11.2. The predicted molar refractivity (Wildman–Crippen MR) is 120 cm³/mol. The highest BCUT2D eigenvalue weighted by atomic mass is 15.0. The van der Waals surface area contributed by atoms with Crippen molar-refractivity contribution in [2.45, 2.75) is 13.8 Å². The highest BCUT2D eigenvalue weighted by Gasteiger charge is 2.15. The summed E-state index contributed by atoms with van der Waals surface area (Å²) in [4.78, 5) is 0. The van der Waals surface area contributed by atoms with Gasteiger partial charge >= 0.3 is 0 Å². The number of benzene rings is 4. The Labute approximate surface area is 165 Å². The second kappa shape index (κ2) is 6.58. The number of anilines is 2. The topological polar surface area (TPSA) is 17.0 Å². The van der Waals surface area contributed by atoms with Crippen LogP contribution in [0.5, 0.6) is 0 Å². The Morgan fingerprint density at radius 2 is 1.39 bits per heavy atom. The summed E-state index contributed by atoms with van der Waals surface area (Å²) in [5, 5.41) is 6.22. The molecule has 5 rings (SSSR count). The smallest absolute Gasteiger partial charge is 0.0776 e. The van der Waals surface area contributed by atoms with Crippen LogP contribution in [0, 0.1) is 13.8 Å². The first-order chi connectivity index (χ1) is 13.7. The number of rotatable bonds is 3. The molecule has 2 nitrogen and oxygen atoms in total. The quantitative estimate of drug-likeness (QED) is 0.361. The lowest BCUT2D eigenvalue weighted by Crippen LogP contribution is -1.99. The van der Waals surface area contributed by atoms with Gasteiger partial charge in [0.25, 0.3) is 0 Å². The van der Waals surface area contributed by atoms with Gasteiger partial charge in [-0.1, -0.05) is 66.2 Å². The molecule has 0 saturated carbocycles. The van der Waals surface area contributed by atoms with E-state index >= 15 is 0 Å². The molecule has 0 unspecified atom stereocenters. The Morgan fingerprint density at radius 3 is 2.21 bits per heavy atom. The van der Waals surface area contributed by atoms with Gasteiger partial charge in [-0.05, 0) is 49.7 Å². The maximum atomic E-state index is 3.69. The molecule has 2 heteroatoms. The van der Waals surface area contributed by atoms with Crippen LogP contribution in [0.3, 0.4) is 0 Å². The first-order valence-corrected chi connectivity index (χ1v) is 9.64. The fraction of sp³-hybridized carbons (Fsp3) is 0.0769. The molecule has 5 aromatic rings. The van der Waals surface area contributed by atoms with Crippen LogP contribution in [0.1, 0.15) is 11.1 Å². The number of hydrogen-bond acceptors (Lipinski definition) is 1. The van der Waals surface area contributed by atoms with Gasteiger partial charge in [0.1, 0.15) is 0 Å². The minimum absolute atomic E-state index is 1.12. The molecule has 0 aliphatic heterocycles. The Morgan fingerprint density at radius 1 is 0.643 bits per heavy atom. The molecule has 0 aliphatic carbocycles. The third-order valence-electron chi connectivity index (χ3n) is 5.36. The molecule has 4 aromatic carbocycles. The van der Waals surface area contributed by atoms with Crippen LogP contribution < -0.4 is 5.32 Å². The molecule has 0 saturated heterocycles. The van der Waals surface area contributed by atoms with Crippen molar-refractivity contribution in [3.8, 4) is 5.69 Å². The van der Waals surface area contributed by atoms with E-state index in [4.69, 9.17) is 0 Å². The van der Waals surface area contributed by atoms with Crippen molar-refractivity contribution in [1.82, 2.24) is 4.57 Å². The van der Waals surface area contributed by atoms with E-state index in [-0.39, 0.29) is 0 Å². The second-order valence-corrected chi connectivity index (χ2v) is 7.33. The maximum absolute atomic E-state index is 3.69. The number of aromatic nitrogens is 1. The molecule has 1 heterocycles. The van der Waals surface area contributed by atoms with Crippen LogP contribution in [0.4, 0.5) is 11.4 Å². The van der Waals surface area contributed by atoms with Gasteiger partial charge in [0.15, 0.2) is 0 Å². The van der Waals surface area contributed by atoms with Crippen molar-refractivity contribution < 1.29 is 0 Å². The average molecular weight is 362 g/mol. The van der Waals surface area contributed by atoms with Gasteiger partial charge in [-0.2, -0.15) is 0 Å². The van der Waals surface area contributed by atoms with Crippen LogP contribution in [0.15, 0.2) is 91.0 Å². The summed E-state index contributed by atoms with van der Waals surface area (Å²) in [6, 6.07) is 32.3. The summed E-state index contributed by atoms with van der Waals surface area (Å²) >= 11 is 0. The monoisotopic (exact) mass is 362 g/mol. The number of nitrogens with zero attached hydrogens (tertiary/aromatic N) is 1. The summed E-state index contributed by atoms with van der Waals surface area (Å²) in [6.07, 6.45) is 0. The summed E-state index contributed by atoms with van der Waals surface area (Å²) in [7, 11) is 0. The summed E-state index contributed by atoms with van der Waals surface area (Å²) in [6.45, 7) is 4.28. The number of para-hydroxylation sites is 3. The molecule has 28 heavy (non-hydrogen) atoms. The van der Waals surface area contributed by atoms with E-state index in [9.17, 15) is 0 Å². The number of aryl methyl sites for hydroxylation is 2. The molecule has 0 bridgehead atoms. The Bertz CT molecular complexity index is 1300. The lowest BCUT2D eigenvalue weighted by Gasteiger charge is -2.14. The summed E-state index contributed by atoms with van der Waals surface area (Å²) in [5.41, 5.74) is 8.38. The summed E-state index contributed by atoms with van der Waals surface area (Å²) in [5.74, 6) is 0. The number of fused-ring (bicyclic) bond motifs is 3. The van der Waals surface area contributed by atoms with Crippen LogP contribution in [-0.4, -0.2) is 4.57 Å². The molecular weight excluding hydrogens is 340 g/mol. The molecule has 1 aromatic heterocycles. The minimum atomic E-state index is 1.12. The summed E-state index contributed by atoms with van der Waals surface area (Å²) < 4.78 is 2.36. The van der Waals surface area contributed by atoms with Gasteiger partial charge < -0.3 is 9.88 Å². The van der Waals surface area contributed by atoms with Gasteiger partial charge in [0, 0.05) is 22.1 Å². The largest absolute Gasteiger partial charge is 0.354 e. The predicted octanol–water partition coefficient (Wildman–Crippen LogP) is 7.14. The first-order valence-electron chi connectivity index (χ1n) is 9.64. The fourth-order valence-corrected chi connectivity index (χ4v) is 4.06. The molecule has 136 valence electrons. The van der Waals surface area contributed by atoms with E-state index in [0.29, 0.717) is 0 Å². The van der Waals surface area contributed by atoms with Gasteiger partial charge in [0.05, 0.1) is 16.7 Å². The van der Waals surface area contributed by atoms with Crippen molar-refractivity contribution >= 4 is 33.2 Å². The molecule has 0 atom stereocenters. The maximum Gasteiger partial charge on any atom is 0.0776 e. The van der Waals surface area contributed by atoms with Gasteiger partial charge in [-0.15, -0.1) is 0 Å². The Balaban J connectivity index is 1.81. The molecule has 0 radical (unpaired) electrons. The zero-order valence-electron chi connectivity index (χ0n) is 16.1. The van der Waals surface area contributed by atoms with Gasteiger partial charge in [-0.3, -0.25) is 0 Å². The average Bonchev–Trinajstić information content (AvgIpc) is 3.06. The third kappa shape index (κ3) is 2.66. The van der Waals surface area contributed by atoms with Crippen molar-refractivity contribution in [2.75, 3.05) is 5.32 Å². The van der Waals surface area contributed by atoms with Crippen molar-refractivity contribution in [2.24, 2.45) is 0 Å². The lowest BCUT2D eigenvalue weighted by molar-refractivity contribution is 1.18. The number of hydrogen-bond donors (Lipinski definition) is 1. The van der Waals surface area contributed by atoms with Gasteiger partial charge in [-0.25, -0.2) is 0 Å². The van der Waals surface area contributed by atoms with Crippen molar-refractivity contribution in [1.29, 1.82) is 0 Å². The van der Waals surface area contributed by atoms with E-state index in [0.717, 1.165) is 11.4 Å². The molecule has 0 spiro atoms. The van der Waals surface area contributed by atoms with Crippen LogP contribution in [0.2, 0.25) is 0 Å². The second-order valence-electron chi connectivity index (χ2n) is 7.33. The van der Waals surface area contributed by atoms with Crippen LogP contribution in [0.25, 0.3) is 27.5 Å². The standard InChI is InChI=1S/C26H22N2/c1-18-15-16-23(19(2)17-18)27-24-13-8-12-22-21-11-6-7-14-25(21)28(26(22)24)20-9-4-3-5-10-20/h3-17,27H,1-2H3. The highest BCUT2D eigenvalue weighted by molar-refractivity contribution is 6.13. The zero-order valence-corrected chi connectivity index (χ0v) is 16.1. The first kappa shape index (κ1) is 16.6. The Hall–Kier alpha value is -3.52. The van der Waals surface area contributed by atoms with Crippen LogP contribution in [-0.2, 0) is 0 Å². The van der Waals surface area contributed by atoms with Crippen molar-refractivity contribution in [3.63, 3.8) is 0 Å².